The smallest absolute Gasteiger partial charge is 0.340 e. The van der Waals surface area contributed by atoms with Crippen molar-refractivity contribution in [2.24, 2.45) is 0 Å². The van der Waals surface area contributed by atoms with Crippen LogP contribution in [0.3, 0.4) is 0 Å². The molecule has 0 atom stereocenters. The van der Waals surface area contributed by atoms with Crippen molar-refractivity contribution in [3.63, 3.8) is 0 Å². The van der Waals surface area contributed by atoms with Crippen LogP contribution in [0.15, 0.2) is 42.5 Å². The Morgan fingerprint density at radius 2 is 1.87 bits per heavy atom. The number of rotatable bonds is 8. The Labute approximate surface area is 178 Å². The summed E-state index contributed by atoms with van der Waals surface area (Å²) in [5.74, 6) is -0.579. The third-order valence-electron chi connectivity index (χ3n) is 4.54. The van der Waals surface area contributed by atoms with Crippen molar-refractivity contribution in [1.82, 2.24) is 0 Å². The monoisotopic (exact) mass is 429 g/mol. The maximum Gasteiger partial charge on any atom is 0.340 e. The minimum Gasteiger partial charge on any atom is -0.484 e. The summed E-state index contributed by atoms with van der Waals surface area (Å²) in [6.07, 6.45) is 0. The molecular formula is C21H23N3O7. The standard InChI is InChI=1S/C21H23N3O7/c1-2-30-21(26)18-13-15(3-8-19(18)23-9-11-29-12-10-23)22-20(25)14-31-17-6-4-16(5-7-17)24(27)28/h3-8,13H,2,9-12,14H2,1H3,(H,22,25). The summed E-state index contributed by atoms with van der Waals surface area (Å²) >= 11 is 0. The lowest BCUT2D eigenvalue weighted by Gasteiger charge is -2.30. The summed E-state index contributed by atoms with van der Waals surface area (Å²) in [7, 11) is 0. The molecule has 1 N–H and O–H groups in total. The van der Waals surface area contributed by atoms with Crippen molar-refractivity contribution in [2.45, 2.75) is 6.92 Å². The van der Waals surface area contributed by atoms with E-state index in [2.05, 4.69) is 5.32 Å². The number of nitrogens with one attached hydrogen (secondary N) is 1. The molecule has 10 nitrogen and oxygen atoms in total. The van der Waals surface area contributed by atoms with Crippen LogP contribution >= 0.6 is 0 Å². The van der Waals surface area contributed by atoms with Gasteiger partial charge in [0, 0.05) is 30.9 Å². The molecule has 1 aliphatic rings. The minimum absolute atomic E-state index is 0.0661. The lowest BCUT2D eigenvalue weighted by molar-refractivity contribution is -0.384. The fraction of sp³-hybridized carbons (Fsp3) is 0.333. The highest BCUT2D eigenvalue weighted by Gasteiger charge is 2.20. The van der Waals surface area contributed by atoms with E-state index in [0.717, 1.165) is 5.69 Å². The zero-order chi connectivity index (χ0) is 22.2. The normalized spacial score (nSPS) is 13.4. The number of hydrogen-bond donors (Lipinski definition) is 1. The predicted octanol–water partition coefficient (Wildman–Crippen LogP) is 2.63. The molecule has 1 aliphatic heterocycles. The zero-order valence-electron chi connectivity index (χ0n) is 17.0. The molecule has 0 aliphatic carbocycles. The van der Waals surface area contributed by atoms with Crippen LogP contribution in [0.5, 0.6) is 5.75 Å². The number of morpholine rings is 1. The SMILES string of the molecule is CCOC(=O)c1cc(NC(=O)COc2ccc([N+](=O)[O-])cc2)ccc1N1CCOCC1. The van der Waals surface area contributed by atoms with Gasteiger partial charge in [0.25, 0.3) is 11.6 Å². The van der Waals surface area contributed by atoms with Gasteiger partial charge < -0.3 is 24.4 Å². The molecule has 31 heavy (non-hydrogen) atoms. The Morgan fingerprint density at radius 3 is 2.52 bits per heavy atom. The number of non-ortho nitro benzene ring substituents is 1. The Balaban J connectivity index is 1.67. The Kier molecular flexibility index (Phi) is 7.39. The van der Waals surface area contributed by atoms with E-state index >= 15 is 0 Å². The molecule has 2 aromatic carbocycles. The number of hydrogen-bond acceptors (Lipinski definition) is 8. The summed E-state index contributed by atoms with van der Waals surface area (Å²) < 4.78 is 15.9. The van der Waals surface area contributed by atoms with Crippen LogP contribution in [-0.4, -0.2) is 56.3 Å². The Bertz CT molecular complexity index is 940. The first-order chi connectivity index (χ1) is 15.0. The van der Waals surface area contributed by atoms with Crippen LogP contribution in [0.25, 0.3) is 0 Å². The number of nitro benzene ring substituents is 1. The van der Waals surface area contributed by atoms with Gasteiger partial charge >= 0.3 is 5.97 Å². The molecule has 0 unspecified atom stereocenters. The molecule has 164 valence electrons. The highest BCUT2D eigenvalue weighted by Crippen LogP contribution is 2.26. The quantitative estimate of drug-likeness (QED) is 0.386. The van der Waals surface area contributed by atoms with Crippen LogP contribution in [0, 0.1) is 10.1 Å². The molecule has 1 saturated heterocycles. The van der Waals surface area contributed by atoms with Gasteiger partial charge in [-0.1, -0.05) is 0 Å². The number of anilines is 2. The van der Waals surface area contributed by atoms with Gasteiger partial charge in [-0.15, -0.1) is 0 Å². The van der Waals surface area contributed by atoms with Gasteiger partial charge in [0.1, 0.15) is 5.75 Å². The van der Waals surface area contributed by atoms with Gasteiger partial charge in [0.2, 0.25) is 0 Å². The van der Waals surface area contributed by atoms with Crippen molar-refractivity contribution in [2.75, 3.05) is 49.7 Å². The maximum atomic E-state index is 12.5. The van der Waals surface area contributed by atoms with Crippen LogP contribution in [0.2, 0.25) is 0 Å². The van der Waals surface area contributed by atoms with Gasteiger partial charge in [-0.3, -0.25) is 14.9 Å². The predicted molar refractivity (Wildman–Crippen MR) is 113 cm³/mol. The Hall–Kier alpha value is -3.66. The molecule has 10 heteroatoms. The summed E-state index contributed by atoms with van der Waals surface area (Å²) in [5, 5.41) is 13.4. The van der Waals surface area contributed by atoms with E-state index in [0.29, 0.717) is 43.3 Å². The van der Waals surface area contributed by atoms with Crippen molar-refractivity contribution >= 4 is 28.9 Å². The summed E-state index contributed by atoms with van der Waals surface area (Å²) in [5.41, 5.74) is 1.45. The van der Waals surface area contributed by atoms with Gasteiger partial charge in [-0.2, -0.15) is 0 Å². The molecule has 1 amide bonds. The van der Waals surface area contributed by atoms with Gasteiger partial charge in [0.15, 0.2) is 6.61 Å². The molecule has 0 saturated carbocycles. The third kappa shape index (κ3) is 5.92. The number of esters is 1. The molecule has 0 aromatic heterocycles. The maximum absolute atomic E-state index is 12.5. The average molecular weight is 429 g/mol. The zero-order valence-corrected chi connectivity index (χ0v) is 17.0. The van der Waals surface area contributed by atoms with Crippen LogP contribution in [-0.2, 0) is 14.3 Å². The van der Waals surface area contributed by atoms with E-state index in [1.54, 1.807) is 25.1 Å². The van der Waals surface area contributed by atoms with Crippen molar-refractivity contribution < 1.29 is 28.7 Å². The first-order valence-electron chi connectivity index (χ1n) is 9.79. The number of benzene rings is 2. The second kappa shape index (κ2) is 10.4. The number of nitro groups is 1. The Morgan fingerprint density at radius 1 is 1.16 bits per heavy atom. The van der Waals surface area contributed by atoms with Crippen LogP contribution in [0.1, 0.15) is 17.3 Å². The van der Waals surface area contributed by atoms with Crippen LogP contribution in [0.4, 0.5) is 17.1 Å². The van der Waals surface area contributed by atoms with Gasteiger partial charge in [-0.05, 0) is 37.3 Å². The molecule has 0 spiro atoms. The fourth-order valence-electron chi connectivity index (χ4n) is 3.08. The summed E-state index contributed by atoms with van der Waals surface area (Å²) in [4.78, 5) is 36.9. The molecule has 0 radical (unpaired) electrons. The highest BCUT2D eigenvalue weighted by molar-refractivity contribution is 5.99. The lowest BCUT2D eigenvalue weighted by atomic mass is 10.1. The van der Waals surface area contributed by atoms with E-state index < -0.39 is 16.8 Å². The van der Waals surface area contributed by atoms with Crippen LogP contribution < -0.4 is 15.0 Å². The highest BCUT2D eigenvalue weighted by atomic mass is 16.6. The van der Waals surface area contributed by atoms with Gasteiger partial charge in [0.05, 0.1) is 36.0 Å². The number of nitrogens with zero attached hydrogens (tertiary/aromatic N) is 2. The molecular weight excluding hydrogens is 406 g/mol. The van der Waals surface area contributed by atoms with E-state index in [-0.39, 0.29) is 18.9 Å². The van der Waals surface area contributed by atoms with E-state index in [1.165, 1.54) is 24.3 Å². The van der Waals surface area contributed by atoms with E-state index in [4.69, 9.17) is 14.2 Å². The fourth-order valence-corrected chi connectivity index (χ4v) is 3.08. The van der Waals surface area contributed by atoms with Gasteiger partial charge in [-0.25, -0.2) is 4.79 Å². The van der Waals surface area contributed by atoms with Crippen molar-refractivity contribution in [3.05, 3.63) is 58.1 Å². The molecule has 0 bridgehead atoms. The van der Waals surface area contributed by atoms with Crippen molar-refractivity contribution in [1.29, 1.82) is 0 Å². The average Bonchev–Trinajstić information content (AvgIpc) is 2.78. The molecule has 1 heterocycles. The second-order valence-electron chi connectivity index (χ2n) is 6.64. The molecule has 3 rings (SSSR count). The lowest BCUT2D eigenvalue weighted by Crippen LogP contribution is -2.37. The van der Waals surface area contributed by atoms with E-state index in [1.807, 2.05) is 4.90 Å². The molecule has 1 fully saturated rings. The number of carbonyl (C=O) groups is 2. The molecule has 2 aromatic rings. The summed E-state index contributed by atoms with van der Waals surface area (Å²) in [6, 6.07) is 10.5. The number of carbonyl (C=O) groups excluding carboxylic acids is 2. The summed E-state index contributed by atoms with van der Waals surface area (Å²) in [6.45, 7) is 4.12. The van der Waals surface area contributed by atoms with Crippen molar-refractivity contribution in [3.8, 4) is 5.75 Å². The van der Waals surface area contributed by atoms with E-state index in [9.17, 15) is 19.7 Å². The second-order valence-corrected chi connectivity index (χ2v) is 6.64. The third-order valence-corrected chi connectivity index (χ3v) is 4.54. The minimum atomic E-state index is -0.516. The largest absolute Gasteiger partial charge is 0.484 e. The first-order valence-corrected chi connectivity index (χ1v) is 9.79. The number of ether oxygens (including phenoxy) is 3. The topological polar surface area (TPSA) is 120 Å². The number of amides is 1. The first kappa shape index (κ1) is 22.0.